The van der Waals surface area contributed by atoms with Crippen molar-refractivity contribution in [2.24, 2.45) is 0 Å². The van der Waals surface area contributed by atoms with Crippen LogP contribution in [-0.4, -0.2) is 78.4 Å². The van der Waals surface area contributed by atoms with E-state index in [2.05, 4.69) is 25.5 Å². The average molecular weight is 594 g/mol. The zero-order valence-corrected chi connectivity index (χ0v) is 24.9. The molecule has 2 aromatic carbocycles. The van der Waals surface area contributed by atoms with Crippen molar-refractivity contribution in [1.82, 2.24) is 19.8 Å². The lowest BCUT2D eigenvalue weighted by atomic mass is 10.1. The van der Waals surface area contributed by atoms with Crippen LogP contribution in [0.5, 0.6) is 0 Å². The van der Waals surface area contributed by atoms with Crippen LogP contribution in [0.3, 0.4) is 0 Å². The Hall–Kier alpha value is -5.09. The molecule has 0 spiro atoms. The quantitative estimate of drug-likeness (QED) is 0.252. The van der Waals surface area contributed by atoms with Gasteiger partial charge in [-0.15, -0.1) is 0 Å². The first kappa shape index (κ1) is 30.4. The van der Waals surface area contributed by atoms with E-state index in [0.717, 1.165) is 22.6 Å². The summed E-state index contributed by atoms with van der Waals surface area (Å²) < 4.78 is 13.5. The number of amides is 2. The Morgan fingerprint density at radius 1 is 0.955 bits per heavy atom. The highest BCUT2D eigenvalue weighted by atomic mass is 19.1. The van der Waals surface area contributed by atoms with E-state index in [0.29, 0.717) is 56.3 Å². The third kappa shape index (κ3) is 8.26. The molecule has 1 aliphatic rings. The maximum Gasteiger partial charge on any atom is 0.253 e. The third-order valence-electron chi connectivity index (χ3n) is 7.19. The van der Waals surface area contributed by atoms with Crippen LogP contribution in [0.1, 0.15) is 15.9 Å². The zero-order chi connectivity index (χ0) is 30.9. The lowest BCUT2D eigenvalue weighted by Gasteiger charge is -2.35. The van der Waals surface area contributed by atoms with Crippen LogP contribution in [0.4, 0.5) is 21.7 Å². The highest BCUT2D eigenvalue weighted by Crippen LogP contribution is 2.22. The van der Waals surface area contributed by atoms with Crippen LogP contribution in [-0.2, 0) is 11.3 Å². The molecule has 2 aromatic heterocycles. The predicted octanol–water partition coefficient (Wildman–Crippen LogP) is 4.91. The number of hydrogen-bond donors (Lipinski definition) is 2. The number of anilines is 3. The van der Waals surface area contributed by atoms with Crippen molar-refractivity contribution in [2.75, 3.05) is 62.4 Å². The van der Waals surface area contributed by atoms with Gasteiger partial charge in [-0.1, -0.05) is 24.3 Å². The van der Waals surface area contributed by atoms with E-state index in [1.165, 1.54) is 18.2 Å². The molecule has 1 fully saturated rings. The van der Waals surface area contributed by atoms with Crippen molar-refractivity contribution in [3.63, 3.8) is 0 Å². The molecule has 0 radical (unpaired) electrons. The largest absolute Gasteiger partial charge is 0.366 e. The standard InChI is InChI=1S/C34H36FN7O2/c1-40(2)17-5-10-33(43)38-29-14-11-26(12-15-29)34(44)42-20-18-41(19-21-42)32-16-13-27(24-37-32)30-8-4-9-31(39-30)36-23-25-6-3-7-28(35)22-25/h3-16,22,24H,17-21,23H2,1-2H3,(H,36,39)(H,38,43)/b10-5+. The van der Waals surface area contributed by atoms with E-state index in [9.17, 15) is 14.0 Å². The third-order valence-corrected chi connectivity index (χ3v) is 7.19. The first-order valence-electron chi connectivity index (χ1n) is 14.5. The van der Waals surface area contributed by atoms with Gasteiger partial charge < -0.3 is 25.3 Å². The average Bonchev–Trinajstić information content (AvgIpc) is 3.04. The molecule has 10 heteroatoms. The molecule has 3 heterocycles. The van der Waals surface area contributed by atoms with Crippen molar-refractivity contribution < 1.29 is 14.0 Å². The van der Waals surface area contributed by atoms with Gasteiger partial charge in [0.05, 0.1) is 5.69 Å². The number of likely N-dealkylation sites (N-methyl/N-ethyl adjacent to an activating group) is 1. The van der Waals surface area contributed by atoms with Crippen LogP contribution in [0.15, 0.2) is 97.2 Å². The van der Waals surface area contributed by atoms with E-state index < -0.39 is 0 Å². The Morgan fingerprint density at radius 3 is 2.43 bits per heavy atom. The van der Waals surface area contributed by atoms with Crippen molar-refractivity contribution in [1.29, 1.82) is 0 Å². The van der Waals surface area contributed by atoms with E-state index in [4.69, 9.17) is 0 Å². The number of carbonyl (C=O) groups excluding carboxylic acids is 2. The van der Waals surface area contributed by atoms with Gasteiger partial charge in [-0.05, 0) is 80.3 Å². The monoisotopic (exact) mass is 593 g/mol. The lowest BCUT2D eigenvalue weighted by molar-refractivity contribution is -0.111. The highest BCUT2D eigenvalue weighted by molar-refractivity contribution is 6.00. The first-order chi connectivity index (χ1) is 21.3. The fraction of sp³-hybridized carbons (Fsp3) is 0.235. The highest BCUT2D eigenvalue weighted by Gasteiger charge is 2.23. The van der Waals surface area contributed by atoms with Gasteiger partial charge in [0.15, 0.2) is 0 Å². The molecule has 4 aromatic rings. The molecule has 1 aliphatic heterocycles. The van der Waals surface area contributed by atoms with Crippen LogP contribution in [0.2, 0.25) is 0 Å². The predicted molar refractivity (Wildman–Crippen MR) is 172 cm³/mol. The summed E-state index contributed by atoms with van der Waals surface area (Å²) in [6.07, 6.45) is 5.11. The topological polar surface area (TPSA) is 93.7 Å². The summed E-state index contributed by atoms with van der Waals surface area (Å²) in [7, 11) is 3.87. The number of aromatic nitrogens is 2. The fourth-order valence-corrected chi connectivity index (χ4v) is 4.83. The first-order valence-corrected chi connectivity index (χ1v) is 14.5. The van der Waals surface area contributed by atoms with Crippen molar-refractivity contribution >= 4 is 29.1 Å². The summed E-state index contributed by atoms with van der Waals surface area (Å²) in [5, 5.41) is 6.06. The SMILES string of the molecule is CN(C)C/C=C/C(=O)Nc1ccc(C(=O)N2CCN(c3ccc(-c4cccc(NCc5cccc(F)c5)n4)cn3)CC2)cc1. The second-order valence-electron chi connectivity index (χ2n) is 10.8. The number of piperazine rings is 1. The number of benzene rings is 2. The Morgan fingerprint density at radius 2 is 1.73 bits per heavy atom. The van der Waals surface area contributed by atoms with Gasteiger partial charge in [0.2, 0.25) is 5.91 Å². The lowest BCUT2D eigenvalue weighted by Crippen LogP contribution is -2.49. The second kappa shape index (κ2) is 14.4. The maximum absolute atomic E-state index is 13.5. The second-order valence-corrected chi connectivity index (χ2v) is 10.8. The molecular formula is C34H36FN7O2. The molecule has 44 heavy (non-hydrogen) atoms. The Kier molecular flexibility index (Phi) is 9.93. The fourth-order valence-electron chi connectivity index (χ4n) is 4.83. The van der Waals surface area contributed by atoms with E-state index in [1.54, 1.807) is 36.4 Å². The van der Waals surface area contributed by atoms with E-state index in [1.807, 2.05) is 66.5 Å². The summed E-state index contributed by atoms with van der Waals surface area (Å²) in [5.41, 5.74) is 3.74. The smallest absolute Gasteiger partial charge is 0.253 e. The molecule has 0 saturated carbocycles. The number of rotatable bonds is 10. The molecule has 226 valence electrons. The van der Waals surface area contributed by atoms with Gasteiger partial charge in [-0.25, -0.2) is 14.4 Å². The Balaban J connectivity index is 1.12. The van der Waals surface area contributed by atoms with Gasteiger partial charge in [-0.2, -0.15) is 0 Å². The summed E-state index contributed by atoms with van der Waals surface area (Å²) in [5.74, 6) is 1.05. The molecule has 0 bridgehead atoms. The Labute approximate surface area is 257 Å². The summed E-state index contributed by atoms with van der Waals surface area (Å²) >= 11 is 0. The molecular weight excluding hydrogens is 557 g/mol. The summed E-state index contributed by atoms with van der Waals surface area (Å²) in [4.78, 5) is 40.5. The number of carbonyl (C=O) groups is 2. The van der Waals surface area contributed by atoms with E-state index in [-0.39, 0.29) is 17.6 Å². The zero-order valence-electron chi connectivity index (χ0n) is 24.9. The van der Waals surface area contributed by atoms with Crippen LogP contribution in [0, 0.1) is 5.82 Å². The normalized spacial score (nSPS) is 13.4. The van der Waals surface area contributed by atoms with E-state index >= 15 is 0 Å². The minimum absolute atomic E-state index is 0.0336. The van der Waals surface area contributed by atoms with Gasteiger partial charge in [0.1, 0.15) is 17.5 Å². The molecule has 0 unspecified atom stereocenters. The molecule has 9 nitrogen and oxygen atoms in total. The number of halogens is 1. The Bertz CT molecular complexity index is 1600. The number of pyridine rings is 2. The van der Waals surface area contributed by atoms with Gasteiger partial charge in [0.25, 0.3) is 5.91 Å². The number of nitrogens with zero attached hydrogens (tertiary/aromatic N) is 5. The molecule has 1 saturated heterocycles. The molecule has 0 aliphatic carbocycles. The molecule has 2 amide bonds. The van der Waals surface area contributed by atoms with Crippen LogP contribution < -0.4 is 15.5 Å². The van der Waals surface area contributed by atoms with Crippen molar-refractivity contribution in [3.8, 4) is 11.3 Å². The number of nitrogens with one attached hydrogen (secondary N) is 2. The maximum atomic E-state index is 13.5. The molecule has 2 N–H and O–H groups in total. The van der Waals surface area contributed by atoms with Crippen molar-refractivity contribution in [3.05, 3.63) is 114 Å². The minimum atomic E-state index is -0.261. The summed E-state index contributed by atoms with van der Waals surface area (Å²) in [6.45, 7) is 3.65. The van der Waals surface area contributed by atoms with Crippen molar-refractivity contribution in [2.45, 2.75) is 6.54 Å². The molecule has 0 atom stereocenters. The van der Waals surface area contributed by atoms with Gasteiger partial charge >= 0.3 is 0 Å². The molecule has 5 rings (SSSR count). The van der Waals surface area contributed by atoms with Crippen LogP contribution >= 0.6 is 0 Å². The number of hydrogen-bond acceptors (Lipinski definition) is 7. The van der Waals surface area contributed by atoms with Gasteiger partial charge in [0, 0.05) is 68.4 Å². The minimum Gasteiger partial charge on any atom is -0.366 e. The van der Waals surface area contributed by atoms with Gasteiger partial charge in [-0.3, -0.25) is 9.59 Å². The summed E-state index contributed by atoms with van der Waals surface area (Å²) in [6, 6.07) is 23.2. The van der Waals surface area contributed by atoms with Crippen LogP contribution in [0.25, 0.3) is 11.3 Å².